The average Bonchev–Trinajstić information content (AvgIpc) is 3.31. The van der Waals surface area contributed by atoms with Crippen LogP contribution in [0.5, 0.6) is 0 Å². The number of nitrogens with one attached hydrogen (secondary N) is 2. The molecule has 4 nitrogen and oxygen atoms in total. The third kappa shape index (κ3) is 3.69. The van der Waals surface area contributed by atoms with Crippen molar-refractivity contribution in [1.29, 1.82) is 0 Å². The van der Waals surface area contributed by atoms with Crippen molar-refractivity contribution in [3.8, 4) is 0 Å². The monoisotopic (exact) mass is 313 g/mol. The van der Waals surface area contributed by atoms with E-state index < -0.39 is 0 Å². The number of nitrogens with zero attached hydrogens (tertiary/aromatic N) is 1. The highest BCUT2D eigenvalue weighted by molar-refractivity contribution is 5.74. The molecule has 0 atom stereocenters. The maximum Gasteiger partial charge on any atom is 0.315 e. The number of fused-ring (bicyclic) bond motifs is 1. The summed E-state index contributed by atoms with van der Waals surface area (Å²) < 4.78 is 0. The zero-order valence-corrected chi connectivity index (χ0v) is 13.8. The first-order chi connectivity index (χ1) is 11.3. The maximum absolute atomic E-state index is 12.1. The highest BCUT2D eigenvalue weighted by Crippen LogP contribution is 2.29. The van der Waals surface area contributed by atoms with Gasteiger partial charge in [-0.2, -0.15) is 0 Å². The minimum atomic E-state index is -0.0182. The molecule has 0 unspecified atom stereocenters. The summed E-state index contributed by atoms with van der Waals surface area (Å²) in [5.41, 5.74) is 4.17. The number of piperidine rings is 1. The Morgan fingerprint density at radius 2 is 1.87 bits per heavy atom. The molecule has 1 saturated heterocycles. The van der Waals surface area contributed by atoms with Gasteiger partial charge in [-0.25, -0.2) is 4.79 Å². The summed E-state index contributed by atoms with van der Waals surface area (Å²) >= 11 is 0. The van der Waals surface area contributed by atoms with Gasteiger partial charge in [-0.3, -0.25) is 0 Å². The predicted molar refractivity (Wildman–Crippen MR) is 91.5 cm³/mol. The summed E-state index contributed by atoms with van der Waals surface area (Å²) in [7, 11) is 0. The fourth-order valence-electron chi connectivity index (χ4n) is 4.00. The van der Waals surface area contributed by atoms with Gasteiger partial charge in [0.15, 0.2) is 0 Å². The number of aryl methyl sites for hydroxylation is 2. The number of carbonyl (C=O) groups excluding carboxylic acids is 1. The molecule has 1 heterocycles. The van der Waals surface area contributed by atoms with Gasteiger partial charge in [0, 0.05) is 31.7 Å². The van der Waals surface area contributed by atoms with Crippen molar-refractivity contribution in [2.24, 2.45) is 0 Å². The molecule has 1 aromatic carbocycles. The molecule has 23 heavy (non-hydrogen) atoms. The highest BCUT2D eigenvalue weighted by atomic mass is 16.2. The van der Waals surface area contributed by atoms with E-state index in [-0.39, 0.29) is 6.03 Å². The van der Waals surface area contributed by atoms with Gasteiger partial charge in [0.05, 0.1) is 0 Å². The van der Waals surface area contributed by atoms with Gasteiger partial charge in [0.25, 0.3) is 0 Å². The van der Waals surface area contributed by atoms with Crippen LogP contribution in [0.25, 0.3) is 0 Å². The first-order valence-corrected chi connectivity index (χ1v) is 9.17. The van der Waals surface area contributed by atoms with E-state index in [9.17, 15) is 4.79 Å². The predicted octanol–water partition coefficient (Wildman–Crippen LogP) is 2.60. The standard InChI is InChI=1S/C19H27N3O/c23-19(21-17-8-10-22(11-9-17)18-6-7-18)20-13-14-4-5-15-2-1-3-16(15)12-14/h4-5,12,17-18H,1-3,6-11,13H2,(H2,20,21,23). The summed E-state index contributed by atoms with van der Waals surface area (Å²) in [6, 6.07) is 7.81. The van der Waals surface area contributed by atoms with Crippen LogP contribution in [0.15, 0.2) is 18.2 Å². The number of amides is 2. The van der Waals surface area contributed by atoms with E-state index >= 15 is 0 Å². The van der Waals surface area contributed by atoms with Crippen LogP contribution < -0.4 is 10.6 Å². The van der Waals surface area contributed by atoms with E-state index in [0.29, 0.717) is 12.6 Å². The number of rotatable bonds is 4. The van der Waals surface area contributed by atoms with Gasteiger partial charge < -0.3 is 15.5 Å². The van der Waals surface area contributed by atoms with Crippen molar-refractivity contribution in [3.63, 3.8) is 0 Å². The summed E-state index contributed by atoms with van der Waals surface area (Å²) in [5.74, 6) is 0. The Balaban J connectivity index is 1.21. The van der Waals surface area contributed by atoms with Crippen LogP contribution >= 0.6 is 0 Å². The molecule has 1 aliphatic heterocycles. The molecule has 1 aromatic rings. The molecule has 2 aliphatic carbocycles. The minimum Gasteiger partial charge on any atom is -0.335 e. The molecule has 1 saturated carbocycles. The molecule has 0 spiro atoms. The van der Waals surface area contributed by atoms with Crippen molar-refractivity contribution >= 4 is 6.03 Å². The van der Waals surface area contributed by atoms with Crippen LogP contribution in [0, 0.1) is 0 Å². The Labute approximate surface area is 138 Å². The zero-order chi connectivity index (χ0) is 15.6. The van der Waals surface area contributed by atoms with E-state index in [4.69, 9.17) is 0 Å². The Hall–Kier alpha value is -1.55. The molecule has 2 amide bonds. The van der Waals surface area contributed by atoms with E-state index in [1.54, 1.807) is 0 Å². The molecular weight excluding hydrogens is 286 g/mol. The second kappa shape index (κ2) is 6.52. The molecule has 0 aromatic heterocycles. The van der Waals surface area contributed by atoms with Crippen molar-refractivity contribution < 1.29 is 4.79 Å². The Bertz CT molecular complexity index is 574. The van der Waals surface area contributed by atoms with Gasteiger partial charge in [0.2, 0.25) is 0 Å². The number of carbonyl (C=O) groups is 1. The topological polar surface area (TPSA) is 44.4 Å². The summed E-state index contributed by atoms with van der Waals surface area (Å²) in [4.78, 5) is 14.7. The normalized spacial score (nSPS) is 21.9. The number of hydrogen-bond donors (Lipinski definition) is 2. The molecule has 4 heteroatoms. The zero-order valence-electron chi connectivity index (χ0n) is 13.8. The van der Waals surface area contributed by atoms with Crippen LogP contribution in [0.1, 0.15) is 48.8 Å². The lowest BCUT2D eigenvalue weighted by Gasteiger charge is -2.32. The second-order valence-electron chi connectivity index (χ2n) is 7.33. The fraction of sp³-hybridized carbons (Fsp3) is 0.632. The lowest BCUT2D eigenvalue weighted by atomic mass is 10.1. The lowest BCUT2D eigenvalue weighted by Crippen LogP contribution is -2.48. The average molecular weight is 313 g/mol. The van der Waals surface area contributed by atoms with Gasteiger partial charge in [-0.05, 0) is 61.6 Å². The molecule has 4 rings (SSSR count). The number of likely N-dealkylation sites (tertiary alicyclic amines) is 1. The molecule has 3 aliphatic rings. The Morgan fingerprint density at radius 3 is 2.65 bits per heavy atom. The van der Waals surface area contributed by atoms with Crippen molar-refractivity contribution in [3.05, 3.63) is 34.9 Å². The molecule has 2 fully saturated rings. The third-order valence-electron chi connectivity index (χ3n) is 5.54. The maximum atomic E-state index is 12.1. The molecular formula is C19H27N3O. The van der Waals surface area contributed by atoms with Crippen molar-refractivity contribution in [2.45, 2.75) is 63.6 Å². The van der Waals surface area contributed by atoms with E-state index in [1.807, 2.05) is 0 Å². The fourth-order valence-corrected chi connectivity index (χ4v) is 4.00. The number of benzene rings is 1. The Morgan fingerprint density at radius 1 is 1.09 bits per heavy atom. The van der Waals surface area contributed by atoms with Crippen LogP contribution in [0.3, 0.4) is 0 Å². The molecule has 0 radical (unpaired) electrons. The summed E-state index contributed by atoms with van der Waals surface area (Å²) in [6.45, 7) is 2.90. The van der Waals surface area contributed by atoms with Crippen molar-refractivity contribution in [1.82, 2.24) is 15.5 Å². The molecule has 0 bridgehead atoms. The minimum absolute atomic E-state index is 0.0182. The van der Waals surface area contributed by atoms with Crippen molar-refractivity contribution in [2.75, 3.05) is 13.1 Å². The van der Waals surface area contributed by atoms with Gasteiger partial charge in [0.1, 0.15) is 0 Å². The van der Waals surface area contributed by atoms with Crippen LogP contribution in [-0.4, -0.2) is 36.1 Å². The SMILES string of the molecule is O=C(NCc1ccc2c(c1)CCC2)NC1CCN(C2CC2)CC1. The van der Waals surface area contributed by atoms with E-state index in [0.717, 1.165) is 32.0 Å². The van der Waals surface area contributed by atoms with E-state index in [2.05, 4.69) is 33.7 Å². The van der Waals surface area contributed by atoms with Gasteiger partial charge in [-0.1, -0.05) is 18.2 Å². The second-order valence-corrected chi connectivity index (χ2v) is 7.33. The quantitative estimate of drug-likeness (QED) is 0.897. The lowest BCUT2D eigenvalue weighted by molar-refractivity contribution is 0.186. The first-order valence-electron chi connectivity index (χ1n) is 9.17. The summed E-state index contributed by atoms with van der Waals surface area (Å²) in [6.07, 6.45) is 8.59. The first kappa shape index (κ1) is 15.0. The van der Waals surface area contributed by atoms with Crippen LogP contribution in [-0.2, 0) is 19.4 Å². The smallest absolute Gasteiger partial charge is 0.315 e. The Kier molecular flexibility index (Phi) is 4.25. The summed E-state index contributed by atoms with van der Waals surface area (Å²) in [5, 5.41) is 6.16. The van der Waals surface area contributed by atoms with E-state index in [1.165, 1.54) is 48.8 Å². The highest BCUT2D eigenvalue weighted by Gasteiger charge is 2.32. The number of hydrogen-bond acceptors (Lipinski definition) is 2. The van der Waals surface area contributed by atoms with Gasteiger partial charge >= 0.3 is 6.03 Å². The van der Waals surface area contributed by atoms with Gasteiger partial charge in [-0.15, -0.1) is 0 Å². The molecule has 124 valence electrons. The third-order valence-corrected chi connectivity index (χ3v) is 5.54. The van der Waals surface area contributed by atoms with Crippen LogP contribution in [0.2, 0.25) is 0 Å². The largest absolute Gasteiger partial charge is 0.335 e. The molecule has 2 N–H and O–H groups in total. The van der Waals surface area contributed by atoms with Crippen LogP contribution in [0.4, 0.5) is 4.79 Å². The number of urea groups is 1.